The molecule has 2 aromatic carbocycles. The molecule has 0 amide bonds. The summed E-state index contributed by atoms with van der Waals surface area (Å²) in [4.78, 5) is 0. The van der Waals surface area contributed by atoms with Gasteiger partial charge in [-0.1, -0.05) is 30.3 Å². The first-order chi connectivity index (χ1) is 9.77. The van der Waals surface area contributed by atoms with Gasteiger partial charge in [0, 0.05) is 16.7 Å². The lowest BCUT2D eigenvalue weighted by Gasteiger charge is -2.09. The molecular formula is C16H10F2N2. The molecule has 1 heterocycles. The minimum atomic E-state index is -0.411. The number of hydrogen-bond donors (Lipinski definition) is 0. The van der Waals surface area contributed by atoms with Gasteiger partial charge in [-0.2, -0.15) is 5.10 Å². The summed E-state index contributed by atoms with van der Waals surface area (Å²) in [6.07, 6.45) is 1.46. The molecule has 0 atom stereocenters. The van der Waals surface area contributed by atoms with Crippen LogP contribution >= 0.6 is 0 Å². The molecule has 3 aromatic rings. The van der Waals surface area contributed by atoms with Crippen LogP contribution in [0.4, 0.5) is 8.78 Å². The third kappa shape index (κ3) is 2.16. The molecule has 1 aromatic heterocycles. The quantitative estimate of drug-likeness (QED) is 0.699. The lowest BCUT2D eigenvalue weighted by molar-refractivity contribution is 0.628. The summed E-state index contributed by atoms with van der Waals surface area (Å²) in [5, 5.41) is 7.75. The predicted octanol–water partition coefficient (Wildman–Crippen LogP) is 4.09. The molecule has 0 fully saturated rings. The summed E-state index contributed by atoms with van der Waals surface area (Å²) in [5.74, 6) is -0.788. The first-order valence-corrected chi connectivity index (χ1v) is 6.09. The molecule has 2 nitrogen and oxygen atoms in total. The van der Waals surface area contributed by atoms with Gasteiger partial charge in [0.2, 0.25) is 0 Å². The molecule has 20 heavy (non-hydrogen) atoms. The number of benzene rings is 2. The maximum absolute atomic E-state index is 13.9. The Labute approximate surface area is 114 Å². The summed E-state index contributed by atoms with van der Waals surface area (Å²) in [6, 6.07) is 14.2. The van der Waals surface area contributed by atoms with Crippen molar-refractivity contribution in [3.63, 3.8) is 0 Å². The summed E-state index contributed by atoms with van der Waals surface area (Å²) in [6.45, 7) is 0. The van der Waals surface area contributed by atoms with E-state index < -0.39 is 5.82 Å². The minimum absolute atomic E-state index is 0.304. The Hall–Kier alpha value is -2.62. The highest BCUT2D eigenvalue weighted by Crippen LogP contribution is 2.32. The van der Waals surface area contributed by atoms with Gasteiger partial charge in [0.15, 0.2) is 0 Å². The monoisotopic (exact) mass is 268 g/mol. The highest BCUT2D eigenvalue weighted by atomic mass is 19.1. The molecule has 0 saturated carbocycles. The second-order valence-corrected chi connectivity index (χ2v) is 4.25. The fourth-order valence-corrected chi connectivity index (χ4v) is 2.08. The molecule has 3 rings (SSSR count). The van der Waals surface area contributed by atoms with E-state index in [1.165, 1.54) is 18.3 Å². The van der Waals surface area contributed by atoms with Gasteiger partial charge in [-0.3, -0.25) is 0 Å². The maximum Gasteiger partial charge on any atom is 0.132 e. The average Bonchev–Trinajstić information content (AvgIpc) is 2.48. The van der Waals surface area contributed by atoms with Crippen molar-refractivity contribution in [3.05, 3.63) is 72.4 Å². The Balaban J connectivity index is 2.25. The van der Waals surface area contributed by atoms with Gasteiger partial charge in [-0.15, -0.1) is 5.10 Å². The van der Waals surface area contributed by atoms with E-state index in [9.17, 15) is 8.78 Å². The van der Waals surface area contributed by atoms with Gasteiger partial charge in [0.25, 0.3) is 0 Å². The van der Waals surface area contributed by atoms with Crippen LogP contribution in [0.5, 0.6) is 0 Å². The van der Waals surface area contributed by atoms with E-state index in [1.54, 1.807) is 42.5 Å². The second-order valence-electron chi connectivity index (χ2n) is 4.25. The third-order valence-corrected chi connectivity index (χ3v) is 3.01. The maximum atomic E-state index is 13.9. The molecule has 0 N–H and O–H groups in total. The molecule has 0 aliphatic heterocycles. The van der Waals surface area contributed by atoms with Gasteiger partial charge in [0.05, 0.1) is 6.20 Å². The van der Waals surface area contributed by atoms with Gasteiger partial charge in [0.1, 0.15) is 17.3 Å². The van der Waals surface area contributed by atoms with Crippen LogP contribution in [0.25, 0.3) is 22.4 Å². The molecule has 98 valence electrons. The number of rotatable bonds is 2. The van der Waals surface area contributed by atoms with Crippen LogP contribution < -0.4 is 0 Å². The molecule has 0 spiro atoms. The molecule has 0 radical (unpaired) electrons. The van der Waals surface area contributed by atoms with E-state index in [1.807, 2.05) is 0 Å². The molecule has 0 bridgehead atoms. The summed E-state index contributed by atoms with van der Waals surface area (Å²) >= 11 is 0. The van der Waals surface area contributed by atoms with Crippen molar-refractivity contribution < 1.29 is 8.78 Å². The summed E-state index contributed by atoms with van der Waals surface area (Å²) in [5.41, 5.74) is 1.53. The molecule has 0 aliphatic rings. The molecule has 0 saturated heterocycles. The molecule has 4 heteroatoms. The van der Waals surface area contributed by atoms with Crippen molar-refractivity contribution in [3.8, 4) is 22.4 Å². The van der Waals surface area contributed by atoms with Crippen molar-refractivity contribution in [2.24, 2.45) is 0 Å². The predicted molar refractivity (Wildman–Crippen MR) is 72.8 cm³/mol. The van der Waals surface area contributed by atoms with E-state index >= 15 is 0 Å². The van der Waals surface area contributed by atoms with E-state index in [2.05, 4.69) is 10.2 Å². The largest absolute Gasteiger partial charge is 0.206 e. The first-order valence-electron chi connectivity index (χ1n) is 6.09. The van der Waals surface area contributed by atoms with Crippen LogP contribution in [0.3, 0.4) is 0 Å². The number of hydrogen-bond acceptors (Lipinski definition) is 2. The molecular weight excluding hydrogens is 258 g/mol. The Morgan fingerprint density at radius 2 is 1.25 bits per heavy atom. The molecule has 0 unspecified atom stereocenters. The highest BCUT2D eigenvalue weighted by Gasteiger charge is 2.14. The van der Waals surface area contributed by atoms with Gasteiger partial charge >= 0.3 is 0 Å². The van der Waals surface area contributed by atoms with E-state index in [-0.39, 0.29) is 5.82 Å². The van der Waals surface area contributed by atoms with Crippen LogP contribution in [0.2, 0.25) is 0 Å². The molecule has 0 aliphatic carbocycles. The van der Waals surface area contributed by atoms with Crippen molar-refractivity contribution in [2.75, 3.05) is 0 Å². The van der Waals surface area contributed by atoms with E-state index in [0.717, 1.165) is 0 Å². The topological polar surface area (TPSA) is 25.8 Å². The number of halogens is 2. The van der Waals surface area contributed by atoms with Crippen molar-refractivity contribution >= 4 is 0 Å². The van der Waals surface area contributed by atoms with Crippen LogP contribution in [0, 0.1) is 11.6 Å². The fourth-order valence-electron chi connectivity index (χ4n) is 2.08. The van der Waals surface area contributed by atoms with Crippen LogP contribution in [0.15, 0.2) is 60.8 Å². The van der Waals surface area contributed by atoms with Crippen molar-refractivity contribution in [1.29, 1.82) is 0 Å². The van der Waals surface area contributed by atoms with Gasteiger partial charge < -0.3 is 0 Å². The average molecular weight is 268 g/mol. The Bertz CT molecular complexity index is 692. The standard InChI is InChI=1S/C16H10F2N2/c17-14-7-3-1-5-11(14)12-9-10-19-20-16(12)13-6-2-4-8-15(13)18/h1-10H. The first kappa shape index (κ1) is 12.4. The summed E-state index contributed by atoms with van der Waals surface area (Å²) in [7, 11) is 0. The third-order valence-electron chi connectivity index (χ3n) is 3.01. The second kappa shape index (κ2) is 5.17. The lowest BCUT2D eigenvalue weighted by atomic mass is 9.99. The SMILES string of the molecule is Fc1ccccc1-c1ccnnc1-c1ccccc1F. The number of nitrogens with zero attached hydrogens (tertiary/aromatic N) is 2. The van der Waals surface area contributed by atoms with Crippen molar-refractivity contribution in [2.45, 2.75) is 0 Å². The van der Waals surface area contributed by atoms with Gasteiger partial charge in [-0.05, 0) is 24.3 Å². The number of aromatic nitrogens is 2. The highest BCUT2D eigenvalue weighted by molar-refractivity contribution is 5.80. The minimum Gasteiger partial charge on any atom is -0.206 e. The Morgan fingerprint density at radius 3 is 1.90 bits per heavy atom. The zero-order valence-corrected chi connectivity index (χ0v) is 10.4. The van der Waals surface area contributed by atoms with Crippen LogP contribution in [0.1, 0.15) is 0 Å². The van der Waals surface area contributed by atoms with E-state index in [4.69, 9.17) is 0 Å². The fraction of sp³-hybridized carbons (Fsp3) is 0. The smallest absolute Gasteiger partial charge is 0.132 e. The van der Waals surface area contributed by atoms with Crippen LogP contribution in [-0.2, 0) is 0 Å². The van der Waals surface area contributed by atoms with Gasteiger partial charge in [-0.25, -0.2) is 8.78 Å². The Morgan fingerprint density at radius 1 is 0.650 bits per heavy atom. The van der Waals surface area contributed by atoms with Crippen LogP contribution in [-0.4, -0.2) is 10.2 Å². The van der Waals surface area contributed by atoms with Crippen molar-refractivity contribution in [1.82, 2.24) is 10.2 Å². The zero-order valence-electron chi connectivity index (χ0n) is 10.4. The zero-order chi connectivity index (χ0) is 13.9. The Kier molecular flexibility index (Phi) is 3.21. The summed E-state index contributed by atoms with van der Waals surface area (Å²) < 4.78 is 27.8. The lowest BCUT2D eigenvalue weighted by Crippen LogP contribution is -1.95. The normalized spacial score (nSPS) is 10.5. The van der Waals surface area contributed by atoms with E-state index in [0.29, 0.717) is 22.4 Å².